The minimum absolute atomic E-state index is 0. The monoisotopic (exact) mass is 519 g/mol. The van der Waals surface area contributed by atoms with Crippen LogP contribution in [0.2, 0.25) is 0 Å². The minimum Gasteiger partial charge on any atom is -0.361 e. The maximum absolute atomic E-state index is 12.0. The number of amides is 1. The molecule has 0 bridgehead atoms. The van der Waals surface area contributed by atoms with Crippen molar-refractivity contribution in [3.8, 4) is 0 Å². The van der Waals surface area contributed by atoms with Crippen molar-refractivity contribution in [2.45, 2.75) is 19.4 Å². The lowest BCUT2D eigenvalue weighted by molar-refractivity contribution is 0.0827. The van der Waals surface area contributed by atoms with Gasteiger partial charge in [0.1, 0.15) is 0 Å². The molecule has 160 valence electrons. The predicted molar refractivity (Wildman–Crippen MR) is 135 cm³/mol. The Bertz CT molecular complexity index is 979. The van der Waals surface area contributed by atoms with Crippen LogP contribution in [0.1, 0.15) is 27.9 Å². The average molecular weight is 519 g/mol. The fourth-order valence-corrected chi connectivity index (χ4v) is 3.25. The van der Waals surface area contributed by atoms with Crippen molar-refractivity contribution in [2.24, 2.45) is 4.99 Å². The van der Waals surface area contributed by atoms with Crippen molar-refractivity contribution < 1.29 is 4.79 Å². The summed E-state index contributed by atoms with van der Waals surface area (Å²) < 4.78 is 0. The summed E-state index contributed by atoms with van der Waals surface area (Å²) >= 11 is 0. The third-order valence-corrected chi connectivity index (χ3v) is 4.88. The Balaban J connectivity index is 0.00000320. The normalized spacial score (nSPS) is 11.1. The van der Waals surface area contributed by atoms with Gasteiger partial charge in [0.25, 0.3) is 5.91 Å². The van der Waals surface area contributed by atoms with Crippen LogP contribution >= 0.6 is 24.0 Å². The second-order valence-corrected chi connectivity index (χ2v) is 7.21. The van der Waals surface area contributed by atoms with Crippen LogP contribution in [0.15, 0.2) is 59.7 Å². The van der Waals surface area contributed by atoms with Crippen LogP contribution in [0.25, 0.3) is 10.9 Å². The standard InChI is InChI=1S/C23H29N5O.HI/c1-24-23(27-15-17-10-12-18(13-11-17)22(29)28(2)3)25-14-6-7-19-16-26-21-9-5-4-8-20(19)21;/h4-5,8-13,16,26H,6-7,14-15H2,1-3H3,(H2,24,25,27);1H. The highest BCUT2D eigenvalue weighted by molar-refractivity contribution is 14.0. The number of aromatic amines is 1. The molecule has 30 heavy (non-hydrogen) atoms. The van der Waals surface area contributed by atoms with Gasteiger partial charge in [-0.15, -0.1) is 24.0 Å². The van der Waals surface area contributed by atoms with Gasteiger partial charge in [0, 0.05) is 56.9 Å². The van der Waals surface area contributed by atoms with Crippen molar-refractivity contribution >= 4 is 46.7 Å². The molecule has 0 radical (unpaired) electrons. The highest BCUT2D eigenvalue weighted by Gasteiger charge is 2.07. The zero-order chi connectivity index (χ0) is 20.6. The third-order valence-electron chi connectivity index (χ3n) is 4.88. The smallest absolute Gasteiger partial charge is 0.253 e. The predicted octanol–water partition coefficient (Wildman–Crippen LogP) is 3.79. The van der Waals surface area contributed by atoms with Gasteiger partial charge in [0.05, 0.1) is 0 Å². The molecule has 7 heteroatoms. The molecule has 0 spiro atoms. The first-order chi connectivity index (χ1) is 14.1. The van der Waals surface area contributed by atoms with Gasteiger partial charge < -0.3 is 20.5 Å². The van der Waals surface area contributed by atoms with Gasteiger partial charge in [0.2, 0.25) is 0 Å². The molecule has 0 saturated carbocycles. The lowest BCUT2D eigenvalue weighted by atomic mass is 10.1. The molecule has 0 fully saturated rings. The van der Waals surface area contributed by atoms with Crippen LogP contribution in [0.3, 0.4) is 0 Å². The number of carbonyl (C=O) groups is 1. The molecule has 0 aliphatic carbocycles. The van der Waals surface area contributed by atoms with Gasteiger partial charge in [-0.1, -0.05) is 30.3 Å². The number of para-hydroxylation sites is 1. The number of nitrogens with zero attached hydrogens (tertiary/aromatic N) is 2. The van der Waals surface area contributed by atoms with Gasteiger partial charge in [-0.05, 0) is 42.2 Å². The van der Waals surface area contributed by atoms with Gasteiger partial charge in [0.15, 0.2) is 5.96 Å². The Morgan fingerprint density at radius 1 is 1.07 bits per heavy atom. The number of aryl methyl sites for hydroxylation is 1. The SMILES string of the molecule is CN=C(NCCCc1c[nH]c2ccccc12)NCc1ccc(C(=O)N(C)C)cc1.I. The Hall–Kier alpha value is -2.55. The van der Waals surface area contributed by atoms with Gasteiger partial charge in [-0.25, -0.2) is 0 Å². The number of aromatic nitrogens is 1. The molecule has 3 N–H and O–H groups in total. The van der Waals surface area contributed by atoms with Gasteiger partial charge >= 0.3 is 0 Å². The first-order valence-electron chi connectivity index (χ1n) is 9.88. The van der Waals surface area contributed by atoms with Crippen LogP contribution in [-0.2, 0) is 13.0 Å². The van der Waals surface area contributed by atoms with E-state index in [2.05, 4.69) is 45.0 Å². The number of aliphatic imine (C=N–C) groups is 1. The maximum Gasteiger partial charge on any atom is 0.253 e. The van der Waals surface area contributed by atoms with Crippen molar-refractivity contribution in [1.82, 2.24) is 20.5 Å². The summed E-state index contributed by atoms with van der Waals surface area (Å²) in [5.74, 6) is 0.787. The number of fused-ring (bicyclic) bond motifs is 1. The van der Waals surface area contributed by atoms with E-state index < -0.39 is 0 Å². The summed E-state index contributed by atoms with van der Waals surface area (Å²) in [6.45, 7) is 1.49. The fourth-order valence-electron chi connectivity index (χ4n) is 3.25. The molecule has 6 nitrogen and oxygen atoms in total. The minimum atomic E-state index is 0. The Morgan fingerprint density at radius 3 is 2.50 bits per heavy atom. The van der Waals surface area contributed by atoms with Gasteiger partial charge in [-0.2, -0.15) is 0 Å². The highest BCUT2D eigenvalue weighted by atomic mass is 127. The highest BCUT2D eigenvalue weighted by Crippen LogP contribution is 2.18. The summed E-state index contributed by atoms with van der Waals surface area (Å²) in [4.78, 5) is 21.1. The molecule has 1 aromatic heterocycles. The largest absolute Gasteiger partial charge is 0.361 e. The number of guanidine groups is 1. The van der Waals surface area contributed by atoms with E-state index in [1.807, 2.05) is 30.3 Å². The number of halogens is 1. The zero-order valence-corrected chi connectivity index (χ0v) is 20.1. The summed E-state index contributed by atoms with van der Waals surface area (Å²) in [7, 11) is 5.28. The van der Waals surface area contributed by atoms with Crippen molar-refractivity contribution in [1.29, 1.82) is 0 Å². The van der Waals surface area contributed by atoms with E-state index in [0.29, 0.717) is 12.1 Å². The second-order valence-electron chi connectivity index (χ2n) is 7.21. The fraction of sp³-hybridized carbons (Fsp3) is 0.304. The average Bonchev–Trinajstić information content (AvgIpc) is 3.16. The summed E-state index contributed by atoms with van der Waals surface area (Å²) in [5.41, 5.74) is 4.32. The van der Waals surface area contributed by atoms with Crippen LogP contribution in [-0.4, -0.2) is 49.4 Å². The number of rotatable bonds is 7. The Morgan fingerprint density at radius 2 is 1.80 bits per heavy atom. The number of hydrogen-bond donors (Lipinski definition) is 3. The first-order valence-corrected chi connectivity index (χ1v) is 9.88. The van der Waals surface area contributed by atoms with E-state index in [4.69, 9.17) is 0 Å². The van der Waals surface area contributed by atoms with Crippen molar-refractivity contribution in [3.05, 3.63) is 71.4 Å². The molecule has 1 heterocycles. The Labute approximate surface area is 195 Å². The van der Waals surface area contributed by atoms with E-state index in [0.717, 1.165) is 30.9 Å². The van der Waals surface area contributed by atoms with E-state index in [9.17, 15) is 4.79 Å². The lowest BCUT2D eigenvalue weighted by Gasteiger charge is -2.13. The van der Waals surface area contributed by atoms with E-state index in [1.165, 1.54) is 16.5 Å². The molecular formula is C23H30IN5O. The third kappa shape index (κ3) is 6.22. The molecule has 0 aliphatic rings. The van der Waals surface area contributed by atoms with Crippen molar-refractivity contribution in [3.63, 3.8) is 0 Å². The maximum atomic E-state index is 12.0. The lowest BCUT2D eigenvalue weighted by Crippen LogP contribution is -2.37. The molecule has 0 atom stereocenters. The van der Waals surface area contributed by atoms with Crippen LogP contribution < -0.4 is 10.6 Å². The zero-order valence-electron chi connectivity index (χ0n) is 17.7. The molecule has 0 saturated heterocycles. The number of carbonyl (C=O) groups excluding carboxylic acids is 1. The van der Waals surface area contributed by atoms with Crippen molar-refractivity contribution in [2.75, 3.05) is 27.7 Å². The molecule has 3 aromatic rings. The number of nitrogens with one attached hydrogen (secondary N) is 3. The van der Waals surface area contributed by atoms with Crippen LogP contribution in [0, 0.1) is 0 Å². The number of benzene rings is 2. The first kappa shape index (κ1) is 23.7. The summed E-state index contributed by atoms with van der Waals surface area (Å²) in [6, 6.07) is 16.0. The number of H-pyrrole nitrogens is 1. The molecule has 1 amide bonds. The van der Waals surface area contributed by atoms with E-state index >= 15 is 0 Å². The van der Waals surface area contributed by atoms with Crippen LogP contribution in [0.4, 0.5) is 0 Å². The quantitative estimate of drug-likeness (QED) is 0.193. The Kier molecular flexibility index (Phi) is 9.16. The van der Waals surface area contributed by atoms with Gasteiger partial charge in [-0.3, -0.25) is 9.79 Å². The summed E-state index contributed by atoms with van der Waals surface area (Å²) in [6.07, 6.45) is 4.13. The number of hydrogen-bond acceptors (Lipinski definition) is 2. The topological polar surface area (TPSA) is 72.5 Å². The van der Waals surface area contributed by atoms with E-state index in [-0.39, 0.29) is 29.9 Å². The van der Waals surface area contributed by atoms with Crippen LogP contribution in [0.5, 0.6) is 0 Å². The molecular weight excluding hydrogens is 489 g/mol. The molecule has 0 unspecified atom stereocenters. The molecule has 0 aliphatic heterocycles. The van der Waals surface area contributed by atoms with E-state index in [1.54, 1.807) is 26.0 Å². The second kappa shape index (κ2) is 11.6. The summed E-state index contributed by atoms with van der Waals surface area (Å²) in [5, 5.41) is 7.98. The molecule has 2 aromatic carbocycles. The molecule has 3 rings (SSSR count).